The molecule has 0 N–H and O–H groups in total. The molecule has 0 rings (SSSR count). The smallest absolute Gasteiger partial charge is 0.360 e. The minimum absolute atomic E-state index is 0.290. The van der Waals surface area contributed by atoms with E-state index in [1.807, 2.05) is 0 Å². The largest absolute Gasteiger partial charge is 0.492 e. The van der Waals surface area contributed by atoms with Gasteiger partial charge in [-0.2, -0.15) is 13.2 Å². The third-order valence-electron chi connectivity index (χ3n) is 1.44. The third-order valence-corrected chi connectivity index (χ3v) is 1.44. The lowest BCUT2D eigenvalue weighted by Crippen LogP contribution is -2.42. The molecular formula is C8H14F3NO2. The molecule has 0 bridgehead atoms. The Morgan fingerprint density at radius 1 is 1.14 bits per heavy atom. The Balaban J connectivity index is 4.40. The molecule has 0 aliphatic heterocycles. The van der Waals surface area contributed by atoms with Crippen LogP contribution in [0.4, 0.5) is 13.2 Å². The number of carbonyl (C=O) groups is 1. The van der Waals surface area contributed by atoms with Gasteiger partial charge in [0.1, 0.15) is 0 Å². The number of carbonyl (C=O) groups excluding carboxylic acids is 1. The van der Waals surface area contributed by atoms with E-state index in [1.165, 1.54) is 0 Å². The third kappa shape index (κ3) is 3.95. The highest BCUT2D eigenvalue weighted by Gasteiger charge is 2.43. The molecule has 0 atom stereocenters. The Bertz CT molecular complexity index is 193. The van der Waals surface area contributed by atoms with E-state index in [9.17, 15) is 18.0 Å². The molecule has 0 aliphatic rings. The van der Waals surface area contributed by atoms with Crippen LogP contribution in [0.1, 0.15) is 27.7 Å². The first-order valence-electron chi connectivity index (χ1n) is 4.23. The Kier molecular flexibility index (Phi) is 4.38. The zero-order valence-corrected chi connectivity index (χ0v) is 8.55. The quantitative estimate of drug-likeness (QED) is 0.672. The van der Waals surface area contributed by atoms with Crippen LogP contribution < -0.4 is 0 Å². The van der Waals surface area contributed by atoms with E-state index < -0.39 is 12.1 Å². The normalized spacial score (nSPS) is 12.7. The van der Waals surface area contributed by atoms with Crippen LogP contribution in [-0.4, -0.2) is 29.3 Å². The van der Waals surface area contributed by atoms with E-state index >= 15 is 0 Å². The molecule has 84 valence electrons. The maximum atomic E-state index is 11.8. The van der Waals surface area contributed by atoms with Gasteiger partial charge in [-0.05, 0) is 27.7 Å². The number of nitrogens with zero attached hydrogens (tertiary/aromatic N) is 1. The van der Waals surface area contributed by atoms with Gasteiger partial charge in [0.05, 0.1) is 0 Å². The lowest BCUT2D eigenvalue weighted by Gasteiger charge is -2.28. The van der Waals surface area contributed by atoms with Crippen molar-refractivity contribution in [3.8, 4) is 0 Å². The molecule has 0 amide bonds. The molecule has 3 nitrogen and oxygen atoms in total. The van der Waals surface area contributed by atoms with Gasteiger partial charge in [0.2, 0.25) is 0 Å². The van der Waals surface area contributed by atoms with Crippen LogP contribution >= 0.6 is 0 Å². The van der Waals surface area contributed by atoms with Crippen LogP contribution in [0.15, 0.2) is 0 Å². The van der Waals surface area contributed by atoms with Crippen molar-refractivity contribution in [2.24, 2.45) is 0 Å². The summed E-state index contributed by atoms with van der Waals surface area (Å²) >= 11 is 0. The summed E-state index contributed by atoms with van der Waals surface area (Å²) in [5.41, 5.74) is 0. The summed E-state index contributed by atoms with van der Waals surface area (Å²) in [6.07, 6.45) is -4.94. The summed E-state index contributed by atoms with van der Waals surface area (Å²) in [5.74, 6) is -2.18. The summed E-state index contributed by atoms with van der Waals surface area (Å²) in [4.78, 5) is 14.7. The van der Waals surface area contributed by atoms with E-state index in [0.29, 0.717) is 0 Å². The number of rotatable bonds is 3. The molecule has 0 radical (unpaired) electrons. The van der Waals surface area contributed by atoms with Crippen molar-refractivity contribution < 1.29 is 22.8 Å². The molecule has 0 unspecified atom stereocenters. The lowest BCUT2D eigenvalue weighted by atomic mass is 10.3. The molecule has 0 saturated heterocycles. The Labute approximate surface area is 80.8 Å². The molecule has 0 fully saturated rings. The highest BCUT2D eigenvalue weighted by molar-refractivity contribution is 5.75. The lowest BCUT2D eigenvalue weighted by molar-refractivity contribution is -0.251. The van der Waals surface area contributed by atoms with Crippen LogP contribution in [0.25, 0.3) is 0 Å². The van der Waals surface area contributed by atoms with Gasteiger partial charge in [-0.1, -0.05) is 0 Å². The van der Waals surface area contributed by atoms with Gasteiger partial charge in [-0.15, -0.1) is 5.06 Å². The first-order chi connectivity index (χ1) is 6.16. The van der Waals surface area contributed by atoms with E-state index in [4.69, 9.17) is 0 Å². The number of hydroxylamine groups is 2. The fraction of sp³-hybridized carbons (Fsp3) is 0.875. The predicted octanol–water partition coefficient (Wildman–Crippen LogP) is 2.13. The summed E-state index contributed by atoms with van der Waals surface area (Å²) in [6.45, 7) is 6.57. The average Bonchev–Trinajstić information content (AvgIpc) is 1.96. The Morgan fingerprint density at radius 2 is 1.50 bits per heavy atom. The molecule has 0 aromatic carbocycles. The number of hydrogen-bond acceptors (Lipinski definition) is 3. The average molecular weight is 213 g/mol. The Morgan fingerprint density at radius 3 is 1.71 bits per heavy atom. The highest BCUT2D eigenvalue weighted by Crippen LogP contribution is 2.19. The van der Waals surface area contributed by atoms with E-state index in [2.05, 4.69) is 4.84 Å². The summed E-state index contributed by atoms with van der Waals surface area (Å²) in [5, 5.41) is 1.01. The second-order valence-electron chi connectivity index (χ2n) is 3.42. The second kappa shape index (κ2) is 4.63. The van der Waals surface area contributed by atoms with Gasteiger partial charge in [0.15, 0.2) is 0 Å². The zero-order chi connectivity index (χ0) is 11.5. The van der Waals surface area contributed by atoms with Gasteiger partial charge < -0.3 is 4.84 Å². The van der Waals surface area contributed by atoms with Crippen LogP contribution in [0.3, 0.4) is 0 Å². The fourth-order valence-electron chi connectivity index (χ4n) is 0.955. The second-order valence-corrected chi connectivity index (χ2v) is 3.42. The minimum Gasteiger partial charge on any atom is -0.360 e. The van der Waals surface area contributed by atoms with Crippen LogP contribution in [0, 0.1) is 0 Å². The number of alkyl halides is 3. The molecule has 0 aromatic rings. The van der Waals surface area contributed by atoms with Gasteiger partial charge in [-0.25, -0.2) is 4.79 Å². The molecule has 0 aromatic heterocycles. The van der Waals surface area contributed by atoms with E-state index in [1.54, 1.807) is 27.7 Å². The Hall–Kier alpha value is -0.780. The van der Waals surface area contributed by atoms with Crippen molar-refractivity contribution in [1.29, 1.82) is 0 Å². The number of hydrogen-bond donors (Lipinski definition) is 0. The molecule has 0 heterocycles. The fourth-order valence-corrected chi connectivity index (χ4v) is 0.955. The van der Waals surface area contributed by atoms with Crippen molar-refractivity contribution in [3.63, 3.8) is 0 Å². The SMILES string of the molecule is CC(C)N(OC(=O)C(F)(F)F)C(C)C. The van der Waals surface area contributed by atoms with Crippen LogP contribution in [0.5, 0.6) is 0 Å². The van der Waals surface area contributed by atoms with E-state index in [0.717, 1.165) is 5.06 Å². The van der Waals surface area contributed by atoms with Crippen molar-refractivity contribution in [2.75, 3.05) is 0 Å². The predicted molar refractivity (Wildman–Crippen MR) is 44.3 cm³/mol. The van der Waals surface area contributed by atoms with Crippen molar-refractivity contribution in [3.05, 3.63) is 0 Å². The van der Waals surface area contributed by atoms with Crippen LogP contribution in [0.2, 0.25) is 0 Å². The number of halogens is 3. The van der Waals surface area contributed by atoms with Gasteiger partial charge >= 0.3 is 12.1 Å². The topological polar surface area (TPSA) is 29.5 Å². The minimum atomic E-state index is -4.94. The summed E-state index contributed by atoms with van der Waals surface area (Å²) in [7, 11) is 0. The van der Waals surface area contributed by atoms with Crippen LogP contribution in [-0.2, 0) is 9.63 Å². The molecule has 6 heteroatoms. The van der Waals surface area contributed by atoms with Crippen molar-refractivity contribution >= 4 is 5.97 Å². The maximum Gasteiger partial charge on any atom is 0.492 e. The standard InChI is InChI=1S/C8H14F3NO2/c1-5(2)12(6(3)4)14-7(13)8(9,10)11/h5-6H,1-4H3. The van der Waals surface area contributed by atoms with Crippen molar-refractivity contribution in [2.45, 2.75) is 46.0 Å². The molecule has 14 heavy (non-hydrogen) atoms. The van der Waals surface area contributed by atoms with Gasteiger partial charge in [-0.3, -0.25) is 0 Å². The zero-order valence-electron chi connectivity index (χ0n) is 8.55. The summed E-state index contributed by atoms with van der Waals surface area (Å²) < 4.78 is 35.5. The highest BCUT2D eigenvalue weighted by atomic mass is 19.4. The first kappa shape index (κ1) is 13.2. The molecule has 0 saturated carbocycles. The molecule has 0 spiro atoms. The van der Waals surface area contributed by atoms with Crippen molar-refractivity contribution in [1.82, 2.24) is 5.06 Å². The molecular weight excluding hydrogens is 199 g/mol. The molecule has 0 aliphatic carbocycles. The van der Waals surface area contributed by atoms with Gasteiger partial charge in [0, 0.05) is 12.1 Å². The first-order valence-corrected chi connectivity index (χ1v) is 4.23. The summed E-state index contributed by atoms with van der Waals surface area (Å²) in [6, 6.07) is -0.581. The van der Waals surface area contributed by atoms with E-state index in [-0.39, 0.29) is 12.1 Å². The maximum absolute atomic E-state index is 11.8. The monoisotopic (exact) mass is 213 g/mol. The van der Waals surface area contributed by atoms with Gasteiger partial charge in [0.25, 0.3) is 0 Å².